The van der Waals surface area contributed by atoms with Crippen molar-refractivity contribution in [3.63, 3.8) is 0 Å². The number of benzene rings is 2. The Morgan fingerprint density at radius 3 is 1.19 bits per heavy atom. The maximum absolute atomic E-state index is 12.3. The number of carbonyl (C=O) groups excluding carboxylic acids is 2. The Bertz CT molecular complexity index is 735. The molecule has 3 nitrogen and oxygen atoms in total. The maximum atomic E-state index is 12.3. The lowest BCUT2D eigenvalue weighted by Crippen LogP contribution is -2.14. The summed E-state index contributed by atoms with van der Waals surface area (Å²) in [5, 5.41) is 0. The molecule has 0 atom stereocenters. The fourth-order valence-corrected chi connectivity index (χ4v) is 2.18. The van der Waals surface area contributed by atoms with Gasteiger partial charge in [-0.2, -0.15) is 26.3 Å². The molecule has 2 aromatic carbocycles. The molecular formula is C18H12F6O3. The summed E-state index contributed by atoms with van der Waals surface area (Å²) in [6, 6.07) is 8.68. The molecular weight excluding hydrogens is 378 g/mol. The SMILES string of the molecule is O=C(OC(=O)c1ccc(CC(F)(F)F)cc1)c1ccc(CC(F)(F)F)cc1. The Kier molecular flexibility index (Phi) is 5.92. The van der Waals surface area contributed by atoms with Gasteiger partial charge >= 0.3 is 24.3 Å². The van der Waals surface area contributed by atoms with E-state index in [2.05, 4.69) is 4.74 Å². The summed E-state index contributed by atoms with van der Waals surface area (Å²) in [4.78, 5) is 23.7. The van der Waals surface area contributed by atoms with Crippen molar-refractivity contribution in [3.05, 3.63) is 70.8 Å². The van der Waals surface area contributed by atoms with Gasteiger partial charge in [-0.25, -0.2) is 9.59 Å². The fraction of sp³-hybridized carbons (Fsp3) is 0.222. The maximum Gasteiger partial charge on any atom is 0.393 e. The van der Waals surface area contributed by atoms with E-state index < -0.39 is 37.1 Å². The monoisotopic (exact) mass is 390 g/mol. The first-order valence-electron chi connectivity index (χ1n) is 7.51. The van der Waals surface area contributed by atoms with E-state index in [0.29, 0.717) is 0 Å². The summed E-state index contributed by atoms with van der Waals surface area (Å²) in [7, 11) is 0. The molecule has 0 saturated carbocycles. The van der Waals surface area contributed by atoms with Crippen LogP contribution in [0, 0.1) is 0 Å². The Morgan fingerprint density at radius 1 is 0.630 bits per heavy atom. The van der Waals surface area contributed by atoms with Gasteiger partial charge in [0.15, 0.2) is 0 Å². The minimum atomic E-state index is -4.39. The molecule has 9 heteroatoms. The number of rotatable bonds is 4. The zero-order valence-corrected chi connectivity index (χ0v) is 13.5. The van der Waals surface area contributed by atoms with Crippen LogP contribution in [-0.2, 0) is 17.6 Å². The molecule has 0 aliphatic carbocycles. The van der Waals surface area contributed by atoms with Gasteiger partial charge < -0.3 is 4.74 Å². The predicted molar refractivity (Wildman–Crippen MR) is 82.1 cm³/mol. The minimum Gasteiger partial charge on any atom is -0.386 e. The largest absolute Gasteiger partial charge is 0.393 e. The van der Waals surface area contributed by atoms with Gasteiger partial charge in [-0.1, -0.05) is 24.3 Å². The number of esters is 2. The predicted octanol–water partition coefficient (Wildman–Crippen LogP) is 4.89. The van der Waals surface area contributed by atoms with Gasteiger partial charge in [0.1, 0.15) is 0 Å². The topological polar surface area (TPSA) is 43.4 Å². The summed E-state index contributed by atoms with van der Waals surface area (Å²) in [5.41, 5.74) is -0.401. The lowest BCUT2D eigenvalue weighted by Gasteiger charge is -2.08. The molecule has 0 bridgehead atoms. The molecule has 0 radical (unpaired) electrons. The first-order chi connectivity index (χ1) is 12.4. The smallest absolute Gasteiger partial charge is 0.386 e. The van der Waals surface area contributed by atoms with Gasteiger partial charge in [0, 0.05) is 0 Å². The van der Waals surface area contributed by atoms with Gasteiger partial charge in [-0.05, 0) is 35.4 Å². The molecule has 0 aromatic heterocycles. The Hall–Kier alpha value is -2.84. The standard InChI is InChI=1S/C18H12F6O3/c19-17(20,21)9-11-1-5-13(6-2-11)15(25)27-16(26)14-7-3-12(4-8-14)10-18(22,23)24/h1-8H,9-10H2. The molecule has 0 saturated heterocycles. The second kappa shape index (κ2) is 7.81. The highest BCUT2D eigenvalue weighted by atomic mass is 19.4. The minimum absolute atomic E-state index is 0.0642. The summed E-state index contributed by atoms with van der Waals surface area (Å²) in [6.45, 7) is 0. The Labute approximate surface area is 149 Å². The molecule has 0 N–H and O–H groups in total. The van der Waals surface area contributed by atoms with Crippen LogP contribution < -0.4 is 0 Å². The highest BCUT2D eigenvalue weighted by molar-refractivity contribution is 6.02. The molecule has 0 fully saturated rings. The molecule has 0 aliphatic heterocycles. The van der Waals surface area contributed by atoms with Crippen LogP contribution in [0.25, 0.3) is 0 Å². The molecule has 144 valence electrons. The summed E-state index contributed by atoms with van der Waals surface area (Å²) >= 11 is 0. The zero-order valence-electron chi connectivity index (χ0n) is 13.5. The van der Waals surface area contributed by atoms with Crippen LogP contribution in [0.5, 0.6) is 0 Å². The average Bonchev–Trinajstić information content (AvgIpc) is 2.53. The molecule has 27 heavy (non-hydrogen) atoms. The number of halogens is 6. The molecule has 0 spiro atoms. The van der Waals surface area contributed by atoms with E-state index in [4.69, 9.17) is 0 Å². The van der Waals surface area contributed by atoms with Crippen molar-refractivity contribution in [2.24, 2.45) is 0 Å². The van der Waals surface area contributed by atoms with E-state index in [-0.39, 0.29) is 22.3 Å². The average molecular weight is 390 g/mol. The third kappa shape index (κ3) is 6.76. The Morgan fingerprint density at radius 2 is 0.926 bits per heavy atom. The third-order valence-corrected chi connectivity index (χ3v) is 3.37. The first-order valence-corrected chi connectivity index (χ1v) is 7.51. The first kappa shape index (κ1) is 20.5. The van der Waals surface area contributed by atoms with Gasteiger partial charge in [0.05, 0.1) is 24.0 Å². The lowest BCUT2D eigenvalue weighted by molar-refractivity contribution is -0.128. The van der Waals surface area contributed by atoms with Gasteiger partial charge in [-0.3, -0.25) is 0 Å². The van der Waals surface area contributed by atoms with Crippen molar-refractivity contribution in [1.29, 1.82) is 0 Å². The molecule has 0 amide bonds. The number of alkyl halides is 6. The second-order valence-electron chi connectivity index (χ2n) is 5.65. The van der Waals surface area contributed by atoms with Crippen LogP contribution in [0.1, 0.15) is 31.8 Å². The van der Waals surface area contributed by atoms with Crippen molar-refractivity contribution >= 4 is 11.9 Å². The molecule has 2 rings (SSSR count). The zero-order chi connectivity index (χ0) is 20.2. The fourth-order valence-electron chi connectivity index (χ4n) is 2.18. The van der Waals surface area contributed by atoms with Crippen LogP contribution >= 0.6 is 0 Å². The van der Waals surface area contributed by atoms with Gasteiger partial charge in [-0.15, -0.1) is 0 Å². The van der Waals surface area contributed by atoms with Crippen LogP contribution in [0.3, 0.4) is 0 Å². The Balaban J connectivity index is 1.99. The molecule has 0 heterocycles. The van der Waals surface area contributed by atoms with Crippen molar-refractivity contribution in [2.75, 3.05) is 0 Å². The number of carbonyl (C=O) groups is 2. The van der Waals surface area contributed by atoms with E-state index in [9.17, 15) is 35.9 Å². The number of hydrogen-bond donors (Lipinski definition) is 0. The lowest BCUT2D eigenvalue weighted by atomic mass is 10.1. The number of ether oxygens (including phenoxy) is 1. The summed E-state index contributed by atoms with van der Waals surface area (Å²) in [5.74, 6) is -2.17. The summed E-state index contributed by atoms with van der Waals surface area (Å²) < 4.78 is 78.3. The quantitative estimate of drug-likeness (QED) is 0.424. The molecule has 0 aliphatic rings. The summed E-state index contributed by atoms with van der Waals surface area (Å²) in [6.07, 6.45) is -11.1. The van der Waals surface area contributed by atoms with Crippen molar-refractivity contribution in [3.8, 4) is 0 Å². The third-order valence-electron chi connectivity index (χ3n) is 3.37. The van der Waals surface area contributed by atoms with E-state index in [0.717, 1.165) is 48.5 Å². The van der Waals surface area contributed by atoms with E-state index in [1.807, 2.05) is 0 Å². The van der Waals surface area contributed by atoms with E-state index >= 15 is 0 Å². The van der Waals surface area contributed by atoms with Gasteiger partial charge in [0.2, 0.25) is 0 Å². The van der Waals surface area contributed by atoms with Crippen molar-refractivity contribution in [1.82, 2.24) is 0 Å². The van der Waals surface area contributed by atoms with Crippen LogP contribution in [0.2, 0.25) is 0 Å². The van der Waals surface area contributed by atoms with E-state index in [1.54, 1.807) is 0 Å². The second-order valence-corrected chi connectivity index (χ2v) is 5.65. The highest BCUT2D eigenvalue weighted by Crippen LogP contribution is 2.22. The van der Waals surface area contributed by atoms with E-state index in [1.165, 1.54) is 0 Å². The molecule has 2 aromatic rings. The molecule has 0 unspecified atom stereocenters. The van der Waals surface area contributed by atoms with Crippen LogP contribution in [0.15, 0.2) is 48.5 Å². The highest BCUT2D eigenvalue weighted by Gasteiger charge is 2.28. The van der Waals surface area contributed by atoms with Crippen molar-refractivity contribution < 1.29 is 40.7 Å². The van der Waals surface area contributed by atoms with Gasteiger partial charge in [0.25, 0.3) is 0 Å². The van der Waals surface area contributed by atoms with Crippen LogP contribution in [0.4, 0.5) is 26.3 Å². The number of hydrogen-bond acceptors (Lipinski definition) is 3. The van der Waals surface area contributed by atoms with Crippen LogP contribution in [-0.4, -0.2) is 24.3 Å². The normalized spacial score (nSPS) is 11.9. The van der Waals surface area contributed by atoms with Crippen molar-refractivity contribution in [2.45, 2.75) is 25.2 Å².